The number of nitrogens with zero attached hydrogens (tertiary/aromatic N) is 2. The smallest absolute Gasteiger partial charge is 0.391 e. The molecule has 0 bridgehead atoms. The number of hydrogen-bond acceptors (Lipinski definition) is 3. The molecule has 1 aliphatic carbocycles. The Balaban J connectivity index is 2.07. The Bertz CT molecular complexity index is 423. The first-order valence-corrected chi connectivity index (χ1v) is 7.15. The van der Waals surface area contributed by atoms with Gasteiger partial charge in [-0.1, -0.05) is 18.0 Å². The Hall–Kier alpha value is -1.47. The summed E-state index contributed by atoms with van der Waals surface area (Å²) in [5, 5.41) is 11.9. The summed E-state index contributed by atoms with van der Waals surface area (Å²) in [4.78, 5) is 14.1. The van der Waals surface area contributed by atoms with Gasteiger partial charge in [0.15, 0.2) is 5.84 Å². The van der Waals surface area contributed by atoms with Gasteiger partial charge in [-0.3, -0.25) is 4.79 Å². The molecule has 1 saturated carbocycles. The molecule has 0 aromatic heterocycles. The Labute approximate surface area is 121 Å². The number of likely N-dealkylation sites (tertiary alicyclic amines) is 1. The molecule has 0 spiro atoms. The monoisotopic (exact) mass is 307 g/mol. The molecule has 0 unspecified atom stereocenters. The fourth-order valence-corrected chi connectivity index (χ4v) is 3.37. The molecule has 0 radical (unpaired) electrons. The van der Waals surface area contributed by atoms with E-state index in [0.29, 0.717) is 12.8 Å². The maximum atomic E-state index is 12.7. The van der Waals surface area contributed by atoms with Crippen molar-refractivity contribution in [1.82, 2.24) is 4.90 Å². The van der Waals surface area contributed by atoms with Crippen LogP contribution in [0.25, 0.3) is 0 Å². The summed E-state index contributed by atoms with van der Waals surface area (Å²) >= 11 is 0. The van der Waals surface area contributed by atoms with E-state index in [1.54, 1.807) is 0 Å². The predicted octanol–water partition coefficient (Wildman–Crippen LogP) is 2.09. The molecule has 5 nitrogen and oxygen atoms in total. The summed E-state index contributed by atoms with van der Waals surface area (Å²) in [5.74, 6) is -1.76. The third kappa shape index (κ3) is 2.94. The number of nitrogens with two attached hydrogens (primary N) is 1. The number of hydrogen-bond donors (Lipinski definition) is 2. The third-order valence-corrected chi connectivity index (χ3v) is 4.71. The molecular weight excluding hydrogens is 287 g/mol. The van der Waals surface area contributed by atoms with Crippen molar-refractivity contribution in [2.75, 3.05) is 13.1 Å². The van der Waals surface area contributed by atoms with Crippen LogP contribution in [0.5, 0.6) is 0 Å². The predicted molar refractivity (Wildman–Crippen MR) is 69.7 cm³/mol. The molecule has 21 heavy (non-hydrogen) atoms. The second-order valence-electron chi connectivity index (χ2n) is 5.88. The van der Waals surface area contributed by atoms with Gasteiger partial charge < -0.3 is 15.8 Å². The Kier molecular flexibility index (Phi) is 4.34. The van der Waals surface area contributed by atoms with E-state index in [2.05, 4.69) is 5.16 Å². The minimum Gasteiger partial charge on any atom is -0.409 e. The molecule has 1 heterocycles. The number of oxime groups is 1. The summed E-state index contributed by atoms with van der Waals surface area (Å²) < 4.78 is 38.0. The average molecular weight is 307 g/mol. The molecule has 1 saturated heterocycles. The van der Waals surface area contributed by atoms with Crippen LogP contribution in [0.1, 0.15) is 38.5 Å². The van der Waals surface area contributed by atoms with E-state index < -0.39 is 17.5 Å². The van der Waals surface area contributed by atoms with E-state index in [1.807, 2.05) is 0 Å². The topological polar surface area (TPSA) is 78.9 Å². The maximum Gasteiger partial charge on any atom is 0.391 e. The van der Waals surface area contributed by atoms with Crippen LogP contribution < -0.4 is 5.73 Å². The molecule has 0 aromatic carbocycles. The van der Waals surface area contributed by atoms with E-state index >= 15 is 0 Å². The van der Waals surface area contributed by atoms with E-state index in [4.69, 9.17) is 10.9 Å². The van der Waals surface area contributed by atoms with Crippen LogP contribution >= 0.6 is 0 Å². The number of halogens is 3. The molecule has 2 aliphatic rings. The lowest BCUT2D eigenvalue weighted by Crippen LogP contribution is -2.52. The molecular formula is C13H20F3N3O2. The molecule has 8 heteroatoms. The lowest BCUT2D eigenvalue weighted by molar-refractivity contribution is -0.187. The fraction of sp³-hybridized carbons (Fsp3) is 0.846. The second kappa shape index (κ2) is 5.73. The van der Waals surface area contributed by atoms with Crippen molar-refractivity contribution < 1.29 is 23.2 Å². The Morgan fingerprint density at radius 1 is 1.24 bits per heavy atom. The highest BCUT2D eigenvalue weighted by Crippen LogP contribution is 2.41. The first-order valence-electron chi connectivity index (χ1n) is 7.15. The van der Waals surface area contributed by atoms with Gasteiger partial charge in [-0.2, -0.15) is 13.2 Å². The lowest BCUT2D eigenvalue weighted by atomic mass is 9.82. The fourth-order valence-electron chi connectivity index (χ4n) is 3.37. The average Bonchev–Trinajstić information content (AvgIpc) is 2.95. The van der Waals surface area contributed by atoms with Crippen molar-refractivity contribution >= 4 is 11.7 Å². The number of rotatable bonds is 2. The molecule has 3 N–H and O–H groups in total. The summed E-state index contributed by atoms with van der Waals surface area (Å²) in [6.45, 7) is 0.146. The highest BCUT2D eigenvalue weighted by molar-refractivity contribution is 6.07. The van der Waals surface area contributed by atoms with Gasteiger partial charge in [-0.15, -0.1) is 0 Å². The van der Waals surface area contributed by atoms with Crippen LogP contribution in [-0.4, -0.2) is 41.1 Å². The van der Waals surface area contributed by atoms with Crippen molar-refractivity contribution in [2.24, 2.45) is 22.2 Å². The summed E-state index contributed by atoms with van der Waals surface area (Å²) in [5.41, 5.74) is 4.66. The standard InChI is InChI=1S/C13H20F3N3O2/c14-13(15,16)9-3-7-19(8-4-9)11(20)12(10(17)18-21)5-1-2-6-12/h9,21H,1-8H2,(H2,17,18). The van der Waals surface area contributed by atoms with E-state index in [-0.39, 0.29) is 37.7 Å². The van der Waals surface area contributed by atoms with Crippen LogP contribution in [0.3, 0.4) is 0 Å². The lowest BCUT2D eigenvalue weighted by Gasteiger charge is -2.38. The first kappa shape index (κ1) is 15.9. The summed E-state index contributed by atoms with van der Waals surface area (Å²) in [7, 11) is 0. The van der Waals surface area contributed by atoms with Crippen LogP contribution in [0.2, 0.25) is 0 Å². The number of carbonyl (C=O) groups excluding carboxylic acids is 1. The van der Waals surface area contributed by atoms with E-state index in [0.717, 1.165) is 12.8 Å². The molecule has 1 amide bonds. The second-order valence-corrected chi connectivity index (χ2v) is 5.88. The van der Waals surface area contributed by atoms with Gasteiger partial charge in [-0.25, -0.2) is 0 Å². The molecule has 0 aromatic rings. The summed E-state index contributed by atoms with van der Waals surface area (Å²) in [6, 6.07) is 0. The van der Waals surface area contributed by atoms with Crippen molar-refractivity contribution in [2.45, 2.75) is 44.7 Å². The quantitative estimate of drug-likeness (QED) is 0.355. The molecule has 2 rings (SSSR count). The highest BCUT2D eigenvalue weighted by Gasteiger charge is 2.49. The summed E-state index contributed by atoms with van der Waals surface area (Å²) in [6.07, 6.45) is -1.81. The van der Waals surface area contributed by atoms with Gasteiger partial charge in [0.1, 0.15) is 5.41 Å². The zero-order valence-electron chi connectivity index (χ0n) is 11.7. The van der Waals surface area contributed by atoms with Gasteiger partial charge in [0.2, 0.25) is 5.91 Å². The molecule has 1 aliphatic heterocycles. The zero-order chi connectivity index (χ0) is 15.7. The minimum absolute atomic E-state index is 0.0729. The van der Waals surface area contributed by atoms with Gasteiger partial charge in [0.25, 0.3) is 0 Å². The van der Waals surface area contributed by atoms with Crippen LogP contribution in [0.15, 0.2) is 5.16 Å². The van der Waals surface area contributed by atoms with Crippen LogP contribution in [0.4, 0.5) is 13.2 Å². The number of alkyl halides is 3. The van der Waals surface area contributed by atoms with Gasteiger partial charge in [0.05, 0.1) is 5.92 Å². The number of amides is 1. The van der Waals surface area contributed by atoms with Crippen LogP contribution in [0, 0.1) is 11.3 Å². The SMILES string of the molecule is NC(=NO)C1(C(=O)N2CCC(C(F)(F)F)CC2)CCCC1. The third-order valence-electron chi connectivity index (χ3n) is 4.71. The van der Waals surface area contributed by atoms with Crippen molar-refractivity contribution in [3.63, 3.8) is 0 Å². The van der Waals surface area contributed by atoms with Gasteiger partial charge in [-0.05, 0) is 25.7 Å². The van der Waals surface area contributed by atoms with Gasteiger partial charge in [0, 0.05) is 13.1 Å². The zero-order valence-corrected chi connectivity index (χ0v) is 11.7. The highest BCUT2D eigenvalue weighted by atomic mass is 19.4. The van der Waals surface area contributed by atoms with Crippen molar-refractivity contribution in [3.8, 4) is 0 Å². The van der Waals surface area contributed by atoms with Crippen molar-refractivity contribution in [3.05, 3.63) is 0 Å². The largest absolute Gasteiger partial charge is 0.409 e. The van der Waals surface area contributed by atoms with Crippen LogP contribution in [-0.2, 0) is 4.79 Å². The molecule has 2 fully saturated rings. The Morgan fingerprint density at radius 3 is 2.19 bits per heavy atom. The van der Waals surface area contributed by atoms with Crippen molar-refractivity contribution in [1.29, 1.82) is 0 Å². The number of amidine groups is 1. The number of piperidine rings is 1. The molecule has 120 valence electrons. The minimum atomic E-state index is -4.20. The normalized spacial score (nSPS) is 24.3. The Morgan fingerprint density at radius 2 is 1.76 bits per heavy atom. The molecule has 0 atom stereocenters. The van der Waals surface area contributed by atoms with E-state index in [9.17, 15) is 18.0 Å². The van der Waals surface area contributed by atoms with Gasteiger partial charge >= 0.3 is 6.18 Å². The number of carbonyl (C=O) groups is 1. The van der Waals surface area contributed by atoms with E-state index in [1.165, 1.54) is 4.90 Å². The maximum absolute atomic E-state index is 12.7. The first-order chi connectivity index (χ1) is 9.81.